The average Bonchev–Trinajstić information content (AvgIpc) is 3.10. The molecule has 0 spiro atoms. The van der Waals surface area contributed by atoms with Crippen LogP contribution < -0.4 is 5.32 Å². The smallest absolute Gasteiger partial charge is 0.317 e. The Morgan fingerprint density at radius 1 is 1.25 bits per heavy atom. The number of piperidine rings is 1. The normalized spacial score (nSPS) is 22.5. The molecule has 5 heteroatoms. The fourth-order valence-electron chi connectivity index (χ4n) is 3.56. The second-order valence-corrected chi connectivity index (χ2v) is 6.97. The van der Waals surface area contributed by atoms with E-state index in [9.17, 15) is 4.79 Å². The number of hydrogen-bond acceptors (Lipinski definition) is 3. The van der Waals surface area contributed by atoms with Crippen LogP contribution in [0.4, 0.5) is 4.79 Å². The van der Waals surface area contributed by atoms with Crippen LogP contribution >= 0.6 is 0 Å². The van der Waals surface area contributed by atoms with Crippen molar-refractivity contribution in [3.8, 4) is 0 Å². The first-order chi connectivity index (χ1) is 11.7. The number of nitrogens with one attached hydrogen (secondary N) is 1. The number of amides is 2. The number of rotatable bonds is 5. The maximum Gasteiger partial charge on any atom is 0.317 e. The molecule has 1 N–H and O–H groups in total. The van der Waals surface area contributed by atoms with Crippen molar-refractivity contribution in [2.75, 3.05) is 39.9 Å². The lowest BCUT2D eigenvalue weighted by Gasteiger charge is -2.37. The van der Waals surface area contributed by atoms with Crippen molar-refractivity contribution in [3.63, 3.8) is 0 Å². The molecule has 1 atom stereocenters. The van der Waals surface area contributed by atoms with E-state index in [0.717, 1.165) is 51.9 Å². The van der Waals surface area contributed by atoms with Crippen molar-refractivity contribution in [2.45, 2.75) is 37.8 Å². The third-order valence-corrected chi connectivity index (χ3v) is 5.13. The van der Waals surface area contributed by atoms with Crippen LogP contribution in [0.25, 0.3) is 0 Å². The Balaban J connectivity index is 1.61. The fraction of sp³-hybridized carbons (Fsp3) is 0.632. The van der Waals surface area contributed by atoms with Crippen LogP contribution in [0.1, 0.15) is 24.8 Å². The number of carbonyl (C=O) groups excluding carboxylic acids is 1. The van der Waals surface area contributed by atoms with Crippen LogP contribution in [0.5, 0.6) is 0 Å². The van der Waals surface area contributed by atoms with Gasteiger partial charge in [-0.15, -0.1) is 0 Å². The first kappa shape index (κ1) is 17.2. The SMILES string of the molecule is CN1CCC(N(CCc2ccccc2)C(=O)NC2CCOC2)CC1. The van der Waals surface area contributed by atoms with E-state index >= 15 is 0 Å². The number of nitrogens with zero attached hydrogens (tertiary/aromatic N) is 2. The highest BCUT2D eigenvalue weighted by Crippen LogP contribution is 2.17. The number of likely N-dealkylation sites (tertiary alicyclic amines) is 1. The highest BCUT2D eigenvalue weighted by molar-refractivity contribution is 5.75. The fourth-order valence-corrected chi connectivity index (χ4v) is 3.56. The van der Waals surface area contributed by atoms with Gasteiger partial charge in [-0.2, -0.15) is 0 Å². The van der Waals surface area contributed by atoms with Crippen LogP contribution in [0.3, 0.4) is 0 Å². The topological polar surface area (TPSA) is 44.8 Å². The molecule has 132 valence electrons. The van der Waals surface area contributed by atoms with Crippen LogP contribution in [0, 0.1) is 0 Å². The van der Waals surface area contributed by atoms with Crippen molar-refractivity contribution in [1.82, 2.24) is 15.1 Å². The molecule has 0 bridgehead atoms. The van der Waals surface area contributed by atoms with Gasteiger partial charge in [0.1, 0.15) is 0 Å². The highest BCUT2D eigenvalue weighted by atomic mass is 16.5. The molecule has 2 saturated heterocycles. The summed E-state index contributed by atoms with van der Waals surface area (Å²) in [5.74, 6) is 0. The van der Waals surface area contributed by atoms with Gasteiger partial charge in [-0.3, -0.25) is 0 Å². The predicted molar refractivity (Wildman–Crippen MR) is 95.1 cm³/mol. The molecule has 1 unspecified atom stereocenters. The summed E-state index contributed by atoms with van der Waals surface area (Å²) in [5, 5.41) is 3.17. The van der Waals surface area contributed by atoms with Crippen molar-refractivity contribution < 1.29 is 9.53 Å². The summed E-state index contributed by atoms with van der Waals surface area (Å²) >= 11 is 0. The van der Waals surface area contributed by atoms with E-state index in [-0.39, 0.29) is 12.1 Å². The molecule has 3 rings (SSSR count). The van der Waals surface area contributed by atoms with Gasteiger partial charge in [0.2, 0.25) is 0 Å². The minimum Gasteiger partial charge on any atom is -0.379 e. The molecule has 0 aliphatic carbocycles. The molecule has 24 heavy (non-hydrogen) atoms. The summed E-state index contributed by atoms with van der Waals surface area (Å²) in [5.41, 5.74) is 1.28. The van der Waals surface area contributed by atoms with Crippen molar-refractivity contribution in [2.24, 2.45) is 0 Å². The van der Waals surface area contributed by atoms with Gasteiger partial charge in [0.05, 0.1) is 12.6 Å². The molecular weight excluding hydrogens is 302 g/mol. The second-order valence-electron chi connectivity index (χ2n) is 6.97. The van der Waals surface area contributed by atoms with Gasteiger partial charge in [0.25, 0.3) is 0 Å². The predicted octanol–water partition coefficient (Wildman–Crippen LogP) is 2.12. The third-order valence-electron chi connectivity index (χ3n) is 5.13. The van der Waals surface area contributed by atoms with Crippen LogP contribution in [-0.2, 0) is 11.2 Å². The summed E-state index contributed by atoms with van der Waals surface area (Å²) in [6.45, 7) is 4.30. The Hall–Kier alpha value is -1.59. The van der Waals surface area contributed by atoms with E-state index < -0.39 is 0 Å². The lowest BCUT2D eigenvalue weighted by Crippen LogP contribution is -2.53. The van der Waals surface area contributed by atoms with Crippen LogP contribution in [0.15, 0.2) is 30.3 Å². The molecule has 1 aromatic rings. The van der Waals surface area contributed by atoms with E-state index in [1.54, 1.807) is 0 Å². The Morgan fingerprint density at radius 3 is 2.67 bits per heavy atom. The lowest BCUT2D eigenvalue weighted by atomic mass is 10.0. The third kappa shape index (κ3) is 4.71. The summed E-state index contributed by atoms with van der Waals surface area (Å²) in [7, 11) is 2.15. The molecule has 5 nitrogen and oxygen atoms in total. The van der Waals surface area contributed by atoms with Gasteiger partial charge in [0, 0.05) is 19.2 Å². The summed E-state index contributed by atoms with van der Waals surface area (Å²) < 4.78 is 5.39. The number of benzene rings is 1. The number of carbonyl (C=O) groups is 1. The van der Waals surface area contributed by atoms with Crippen molar-refractivity contribution >= 4 is 6.03 Å². The number of ether oxygens (including phenoxy) is 1. The first-order valence-electron chi connectivity index (χ1n) is 9.10. The van der Waals surface area contributed by atoms with E-state index in [0.29, 0.717) is 12.6 Å². The van der Waals surface area contributed by atoms with E-state index in [1.165, 1.54) is 5.56 Å². The quantitative estimate of drug-likeness (QED) is 0.899. The number of hydrogen-bond donors (Lipinski definition) is 1. The Labute approximate surface area is 145 Å². The zero-order valence-electron chi connectivity index (χ0n) is 14.6. The minimum absolute atomic E-state index is 0.0796. The van der Waals surface area contributed by atoms with Gasteiger partial charge >= 0.3 is 6.03 Å². The molecule has 2 aliphatic heterocycles. The summed E-state index contributed by atoms with van der Waals surface area (Å²) in [4.78, 5) is 17.3. The largest absolute Gasteiger partial charge is 0.379 e. The van der Waals surface area contributed by atoms with Gasteiger partial charge in [-0.25, -0.2) is 4.79 Å². The molecule has 2 fully saturated rings. The van der Waals surface area contributed by atoms with Crippen molar-refractivity contribution in [3.05, 3.63) is 35.9 Å². The van der Waals surface area contributed by atoms with Crippen molar-refractivity contribution in [1.29, 1.82) is 0 Å². The Morgan fingerprint density at radius 2 is 2.00 bits per heavy atom. The second kappa shape index (κ2) is 8.49. The van der Waals surface area contributed by atoms with E-state index in [4.69, 9.17) is 4.74 Å². The zero-order chi connectivity index (χ0) is 16.8. The molecule has 0 radical (unpaired) electrons. The van der Waals surface area contributed by atoms with Gasteiger partial charge in [-0.05, 0) is 51.4 Å². The standard InChI is InChI=1S/C19H29N3O2/c1-21-11-8-18(9-12-21)22(13-7-16-5-3-2-4-6-16)19(23)20-17-10-14-24-15-17/h2-6,17-18H,7-15H2,1H3,(H,20,23). The molecule has 1 aromatic carbocycles. The maximum atomic E-state index is 12.8. The Bertz CT molecular complexity index is 509. The van der Waals surface area contributed by atoms with E-state index in [1.807, 2.05) is 6.07 Å². The first-order valence-corrected chi connectivity index (χ1v) is 9.10. The zero-order valence-corrected chi connectivity index (χ0v) is 14.6. The molecule has 0 saturated carbocycles. The summed E-state index contributed by atoms with van der Waals surface area (Å²) in [6, 6.07) is 11.0. The highest BCUT2D eigenvalue weighted by Gasteiger charge is 2.28. The average molecular weight is 331 g/mol. The van der Waals surface area contributed by atoms with Gasteiger partial charge in [0.15, 0.2) is 0 Å². The lowest BCUT2D eigenvalue weighted by molar-refractivity contribution is 0.128. The minimum atomic E-state index is 0.0796. The molecular formula is C19H29N3O2. The van der Waals surface area contributed by atoms with Gasteiger partial charge in [-0.1, -0.05) is 30.3 Å². The Kier molecular flexibility index (Phi) is 6.10. The molecule has 2 heterocycles. The van der Waals surface area contributed by atoms with Crippen LogP contribution in [-0.4, -0.2) is 67.8 Å². The summed E-state index contributed by atoms with van der Waals surface area (Å²) in [6.07, 6.45) is 3.94. The molecule has 0 aromatic heterocycles. The molecule has 2 aliphatic rings. The van der Waals surface area contributed by atoms with Crippen LogP contribution in [0.2, 0.25) is 0 Å². The van der Waals surface area contributed by atoms with E-state index in [2.05, 4.69) is 46.4 Å². The monoisotopic (exact) mass is 331 g/mol. The van der Waals surface area contributed by atoms with Gasteiger partial charge < -0.3 is 19.9 Å². The number of urea groups is 1. The maximum absolute atomic E-state index is 12.8. The molecule has 2 amide bonds.